The lowest BCUT2D eigenvalue weighted by atomic mass is 9.81. The van der Waals surface area contributed by atoms with Crippen molar-refractivity contribution < 1.29 is 14.7 Å². The summed E-state index contributed by atoms with van der Waals surface area (Å²) in [6.45, 7) is 9.85. The van der Waals surface area contributed by atoms with Crippen LogP contribution in [0.3, 0.4) is 0 Å². The van der Waals surface area contributed by atoms with Crippen LogP contribution in [0, 0.1) is 18.8 Å². The van der Waals surface area contributed by atoms with Gasteiger partial charge in [0.25, 0.3) is 0 Å². The number of aryl methyl sites for hydroxylation is 1. The minimum Gasteiger partial charge on any atom is -0.481 e. The number of hydrogen-bond acceptors (Lipinski definition) is 4. The number of ketones is 1. The minimum absolute atomic E-state index is 0.0437. The molecule has 0 amide bonds. The third-order valence-electron chi connectivity index (χ3n) is 5.87. The zero-order valence-corrected chi connectivity index (χ0v) is 19.2. The number of rotatable bonds is 8. The van der Waals surface area contributed by atoms with Crippen molar-refractivity contribution in [1.29, 1.82) is 0 Å². The molecule has 2 rings (SSSR count). The number of carbonyl (C=O) groups is 2. The molecule has 0 heterocycles. The Kier molecular flexibility index (Phi) is 11.0. The van der Waals surface area contributed by atoms with E-state index in [2.05, 4.69) is 37.1 Å². The molecule has 0 aliphatic heterocycles. The Morgan fingerprint density at radius 1 is 1.14 bits per heavy atom. The Morgan fingerprint density at radius 2 is 1.76 bits per heavy atom. The van der Waals surface area contributed by atoms with Gasteiger partial charge in [0.2, 0.25) is 0 Å². The Balaban J connectivity index is 0.000000326. The van der Waals surface area contributed by atoms with Crippen LogP contribution in [-0.2, 0) is 11.2 Å². The summed E-state index contributed by atoms with van der Waals surface area (Å²) in [4.78, 5) is 24.4. The molecular weight excluding hydrogens is 364 g/mol. The lowest BCUT2D eigenvalue weighted by Crippen LogP contribution is -2.21. The van der Waals surface area contributed by atoms with Crippen molar-refractivity contribution in [2.75, 3.05) is 32.5 Å². The van der Waals surface area contributed by atoms with Gasteiger partial charge in [0.05, 0.1) is 5.92 Å². The van der Waals surface area contributed by atoms with E-state index in [9.17, 15) is 9.59 Å². The molecular formula is C24H40N2O3. The highest BCUT2D eigenvalue weighted by Crippen LogP contribution is 2.30. The van der Waals surface area contributed by atoms with Crippen LogP contribution in [0.5, 0.6) is 0 Å². The van der Waals surface area contributed by atoms with Crippen molar-refractivity contribution in [1.82, 2.24) is 4.90 Å². The van der Waals surface area contributed by atoms with Crippen molar-refractivity contribution in [2.45, 2.75) is 66.2 Å². The zero-order valence-electron chi connectivity index (χ0n) is 19.2. The number of carbonyl (C=O) groups excluding carboxylic acids is 1. The number of likely N-dealkylation sites (N-methyl/N-ethyl adjacent to an activating group) is 1. The number of nitrogens with one attached hydrogen (secondary N) is 1. The molecule has 0 radical (unpaired) electrons. The Labute approximate surface area is 176 Å². The fourth-order valence-electron chi connectivity index (χ4n) is 3.94. The molecule has 0 unspecified atom stereocenters. The van der Waals surface area contributed by atoms with Crippen molar-refractivity contribution in [3.63, 3.8) is 0 Å². The van der Waals surface area contributed by atoms with Crippen molar-refractivity contribution in [3.8, 4) is 0 Å². The van der Waals surface area contributed by atoms with Crippen LogP contribution in [0.15, 0.2) is 12.1 Å². The number of aliphatic carboxylic acids is 1. The second-order valence-corrected chi connectivity index (χ2v) is 8.42. The predicted octanol–water partition coefficient (Wildman–Crippen LogP) is 5.02. The van der Waals surface area contributed by atoms with Gasteiger partial charge in [-0.25, -0.2) is 0 Å². The molecule has 5 nitrogen and oxygen atoms in total. The maximum atomic E-state index is 11.7. The maximum Gasteiger partial charge on any atom is 0.306 e. The molecule has 1 aliphatic carbocycles. The molecule has 0 bridgehead atoms. The van der Waals surface area contributed by atoms with E-state index in [4.69, 9.17) is 5.11 Å². The van der Waals surface area contributed by atoms with E-state index in [1.807, 2.05) is 20.2 Å². The van der Waals surface area contributed by atoms with Gasteiger partial charge in [-0.3, -0.25) is 9.59 Å². The molecule has 0 saturated heterocycles. The van der Waals surface area contributed by atoms with Gasteiger partial charge < -0.3 is 15.3 Å². The summed E-state index contributed by atoms with van der Waals surface area (Å²) in [7, 11) is 4.10. The lowest BCUT2D eigenvalue weighted by molar-refractivity contribution is -0.143. The van der Waals surface area contributed by atoms with Gasteiger partial charge in [0.1, 0.15) is 0 Å². The van der Waals surface area contributed by atoms with E-state index >= 15 is 0 Å². The highest BCUT2D eigenvalue weighted by atomic mass is 16.4. The number of nitrogens with zero attached hydrogens (tertiary/aromatic N) is 1. The van der Waals surface area contributed by atoms with E-state index in [0.29, 0.717) is 0 Å². The molecule has 1 saturated carbocycles. The molecule has 0 atom stereocenters. The smallest absolute Gasteiger partial charge is 0.306 e. The fourth-order valence-corrected chi connectivity index (χ4v) is 3.94. The van der Waals surface area contributed by atoms with Crippen LogP contribution < -0.4 is 5.32 Å². The average molecular weight is 405 g/mol. The van der Waals surface area contributed by atoms with Crippen LogP contribution in [-0.4, -0.2) is 48.9 Å². The summed E-state index contributed by atoms with van der Waals surface area (Å²) in [5, 5.41) is 12.1. The Bertz CT molecular complexity index is 662. The monoisotopic (exact) mass is 404 g/mol. The molecule has 2 N–H and O–H groups in total. The SMILES string of the molecule is CCC1CCC(C(=O)O)CC1.CCc1c(C)cc(NCCN(C)C)cc1C(C)=O. The van der Waals surface area contributed by atoms with Gasteiger partial charge in [-0.2, -0.15) is 0 Å². The van der Waals surface area contributed by atoms with Crippen LogP contribution in [0.1, 0.15) is 74.4 Å². The van der Waals surface area contributed by atoms with E-state index < -0.39 is 5.97 Å². The van der Waals surface area contributed by atoms with Gasteiger partial charge in [-0.1, -0.05) is 20.3 Å². The fraction of sp³-hybridized carbons (Fsp3) is 0.667. The highest BCUT2D eigenvalue weighted by molar-refractivity contribution is 5.97. The number of anilines is 1. The summed E-state index contributed by atoms with van der Waals surface area (Å²) < 4.78 is 0. The molecule has 0 spiro atoms. The number of hydrogen-bond donors (Lipinski definition) is 2. The third kappa shape index (κ3) is 8.57. The molecule has 164 valence electrons. The average Bonchev–Trinajstić information content (AvgIpc) is 2.67. The number of Topliss-reactive ketones (excluding diaryl/α,β-unsaturated/α-hetero) is 1. The zero-order chi connectivity index (χ0) is 22.0. The number of carboxylic acid groups (broad SMARTS) is 1. The molecule has 5 heteroatoms. The van der Waals surface area contributed by atoms with E-state index in [1.165, 1.54) is 17.5 Å². The van der Waals surface area contributed by atoms with Crippen LogP contribution in [0.2, 0.25) is 0 Å². The largest absolute Gasteiger partial charge is 0.481 e. The third-order valence-corrected chi connectivity index (χ3v) is 5.87. The first-order valence-electron chi connectivity index (χ1n) is 10.9. The van der Waals surface area contributed by atoms with Crippen LogP contribution >= 0.6 is 0 Å². The van der Waals surface area contributed by atoms with Crippen molar-refractivity contribution in [2.24, 2.45) is 11.8 Å². The summed E-state index contributed by atoms with van der Waals surface area (Å²) in [5.41, 5.74) is 4.25. The second kappa shape index (κ2) is 12.6. The summed E-state index contributed by atoms with van der Waals surface area (Å²) in [6.07, 6.45) is 6.15. The van der Waals surface area contributed by atoms with Gasteiger partial charge >= 0.3 is 5.97 Å². The number of benzene rings is 1. The standard InChI is InChI=1S/C15H24N2O.C9H16O2/c1-6-14-11(2)9-13(10-15(14)12(3)18)16-7-8-17(4)5;1-2-7-3-5-8(6-4-7)9(10)11/h9-10,16H,6-8H2,1-5H3;7-8H,2-6H2,1H3,(H,10,11). The summed E-state index contributed by atoms with van der Waals surface area (Å²) >= 11 is 0. The van der Waals surface area contributed by atoms with Crippen molar-refractivity contribution >= 4 is 17.4 Å². The Hall–Kier alpha value is -1.88. The summed E-state index contributed by atoms with van der Waals surface area (Å²) in [5.74, 6) is 0.300. The van der Waals surface area contributed by atoms with Gasteiger partial charge in [-0.15, -0.1) is 0 Å². The quantitative estimate of drug-likeness (QED) is 0.595. The van der Waals surface area contributed by atoms with Crippen LogP contribution in [0.4, 0.5) is 5.69 Å². The molecule has 29 heavy (non-hydrogen) atoms. The highest BCUT2D eigenvalue weighted by Gasteiger charge is 2.24. The molecule has 1 aliphatic rings. The number of carboxylic acids is 1. The maximum absolute atomic E-state index is 11.7. The lowest BCUT2D eigenvalue weighted by Gasteiger charge is -2.24. The molecule has 1 fully saturated rings. The first-order chi connectivity index (χ1) is 13.7. The van der Waals surface area contributed by atoms with E-state index in [0.717, 1.165) is 62.4 Å². The van der Waals surface area contributed by atoms with Gasteiger partial charge in [0.15, 0.2) is 5.78 Å². The van der Waals surface area contributed by atoms with Crippen LogP contribution in [0.25, 0.3) is 0 Å². The summed E-state index contributed by atoms with van der Waals surface area (Å²) in [6, 6.07) is 4.10. The van der Waals surface area contributed by atoms with E-state index in [1.54, 1.807) is 6.92 Å². The Morgan fingerprint density at radius 3 is 2.21 bits per heavy atom. The van der Waals surface area contributed by atoms with E-state index in [-0.39, 0.29) is 11.7 Å². The normalized spacial score (nSPS) is 18.7. The molecule has 1 aromatic carbocycles. The van der Waals surface area contributed by atoms with Gasteiger partial charge in [-0.05, 0) is 89.2 Å². The first kappa shape index (κ1) is 25.2. The topological polar surface area (TPSA) is 69.6 Å². The minimum atomic E-state index is -0.598. The van der Waals surface area contributed by atoms with Gasteiger partial charge in [0, 0.05) is 24.3 Å². The second-order valence-electron chi connectivity index (χ2n) is 8.42. The van der Waals surface area contributed by atoms with Crippen molar-refractivity contribution in [3.05, 3.63) is 28.8 Å². The molecule has 0 aromatic heterocycles. The molecule has 1 aromatic rings. The first-order valence-corrected chi connectivity index (χ1v) is 10.9. The predicted molar refractivity (Wildman–Crippen MR) is 121 cm³/mol.